The molecule has 74 valence electrons. The van der Waals surface area contributed by atoms with Gasteiger partial charge in [0, 0.05) is 8.86 Å². The highest BCUT2D eigenvalue weighted by molar-refractivity contribution is 14.1. The first-order valence-electron chi connectivity index (χ1n) is 3.34. The van der Waals surface area contributed by atoms with Gasteiger partial charge < -0.3 is 9.47 Å². The molecule has 0 rings (SSSR count). The normalized spacial score (nSPS) is 16.0. The molecule has 0 aromatic carbocycles. The van der Waals surface area contributed by atoms with Crippen molar-refractivity contribution >= 4 is 90.4 Å². The highest BCUT2D eigenvalue weighted by Crippen LogP contribution is 2.08. The van der Waals surface area contributed by atoms with Gasteiger partial charge in [0.1, 0.15) is 8.22 Å². The van der Waals surface area contributed by atoms with E-state index in [0.29, 0.717) is 21.4 Å². The molecule has 0 aromatic heterocycles. The van der Waals surface area contributed by atoms with E-state index in [1.54, 1.807) is 0 Å². The van der Waals surface area contributed by atoms with E-state index in [0.717, 1.165) is 8.86 Å². The van der Waals surface area contributed by atoms with Crippen molar-refractivity contribution in [3.63, 3.8) is 0 Å². The van der Waals surface area contributed by atoms with E-state index in [1.165, 1.54) is 0 Å². The largest absolute Gasteiger partial charge is 0.365 e. The molecule has 0 fully saturated rings. The zero-order valence-corrected chi connectivity index (χ0v) is 14.9. The van der Waals surface area contributed by atoms with Crippen molar-refractivity contribution in [2.45, 2.75) is 8.22 Å². The molecule has 2 unspecified atom stereocenters. The van der Waals surface area contributed by atoms with E-state index in [9.17, 15) is 0 Å². The molecule has 0 aliphatic rings. The molecule has 0 bridgehead atoms. The van der Waals surface area contributed by atoms with Crippen LogP contribution in [-0.4, -0.2) is 30.3 Å². The summed E-state index contributed by atoms with van der Waals surface area (Å²) in [7, 11) is 0. The average molecular weight is 622 g/mol. The standard InChI is InChI=1S/C6H10I4O2/c7-3-5(9)11-1-2-12-6(10)4-8/h5-6H,1-4H2. The summed E-state index contributed by atoms with van der Waals surface area (Å²) in [5.41, 5.74) is 0. The predicted octanol–water partition coefficient (Wildman–Crippen LogP) is 3.41. The van der Waals surface area contributed by atoms with Crippen LogP contribution in [0.1, 0.15) is 0 Å². The molecule has 0 spiro atoms. The summed E-state index contributed by atoms with van der Waals surface area (Å²) in [5, 5.41) is 0. The van der Waals surface area contributed by atoms with Crippen molar-refractivity contribution in [3.05, 3.63) is 0 Å². The van der Waals surface area contributed by atoms with Gasteiger partial charge >= 0.3 is 0 Å². The Morgan fingerprint density at radius 2 is 1.17 bits per heavy atom. The minimum absolute atomic E-state index is 0.319. The summed E-state index contributed by atoms with van der Waals surface area (Å²) < 4.78 is 13.6. The fraction of sp³-hybridized carbons (Fsp3) is 1.00. The molecule has 0 aliphatic heterocycles. The van der Waals surface area contributed by atoms with E-state index in [4.69, 9.17) is 9.47 Å². The van der Waals surface area contributed by atoms with Gasteiger partial charge in [-0.1, -0.05) is 90.4 Å². The maximum atomic E-state index is 5.43. The molecule has 0 amide bonds. The molecular formula is C6H10I4O2. The Morgan fingerprint density at radius 1 is 0.833 bits per heavy atom. The minimum atomic E-state index is 0.319. The summed E-state index contributed by atoms with van der Waals surface area (Å²) in [6.07, 6.45) is 0. The molecule has 0 saturated carbocycles. The van der Waals surface area contributed by atoms with E-state index in [-0.39, 0.29) is 0 Å². The van der Waals surface area contributed by atoms with Gasteiger partial charge in [0.15, 0.2) is 0 Å². The Bertz CT molecular complexity index is 91.5. The summed E-state index contributed by atoms with van der Waals surface area (Å²) >= 11 is 9.19. The van der Waals surface area contributed by atoms with Crippen molar-refractivity contribution in [1.29, 1.82) is 0 Å². The third kappa shape index (κ3) is 9.40. The Morgan fingerprint density at radius 3 is 1.42 bits per heavy atom. The second-order valence-corrected chi connectivity index (χ2v) is 6.41. The van der Waals surface area contributed by atoms with Crippen LogP contribution in [0.15, 0.2) is 0 Å². The molecule has 2 atom stereocenters. The van der Waals surface area contributed by atoms with Crippen molar-refractivity contribution in [2.24, 2.45) is 0 Å². The van der Waals surface area contributed by atoms with Crippen molar-refractivity contribution < 1.29 is 9.47 Å². The zero-order chi connectivity index (χ0) is 9.40. The molecule has 0 aromatic rings. The Balaban J connectivity index is 3.10. The predicted molar refractivity (Wildman–Crippen MR) is 85.3 cm³/mol. The van der Waals surface area contributed by atoms with Crippen molar-refractivity contribution in [2.75, 3.05) is 22.1 Å². The van der Waals surface area contributed by atoms with E-state index >= 15 is 0 Å². The first kappa shape index (κ1) is 14.8. The highest BCUT2D eigenvalue weighted by Gasteiger charge is 2.03. The van der Waals surface area contributed by atoms with Crippen LogP contribution in [-0.2, 0) is 9.47 Å². The van der Waals surface area contributed by atoms with Gasteiger partial charge in [-0.2, -0.15) is 0 Å². The summed E-state index contributed by atoms with van der Waals surface area (Å²) in [6, 6.07) is 0. The number of alkyl halides is 4. The Hall–Kier alpha value is 2.84. The van der Waals surface area contributed by atoms with Crippen LogP contribution in [0.2, 0.25) is 0 Å². The smallest absolute Gasteiger partial charge is 0.117 e. The first-order chi connectivity index (χ1) is 5.70. The Kier molecular flexibility index (Phi) is 12.8. The molecule has 0 aliphatic carbocycles. The molecule has 0 saturated heterocycles. The van der Waals surface area contributed by atoms with E-state index in [1.807, 2.05) is 0 Å². The lowest BCUT2D eigenvalue weighted by Crippen LogP contribution is -2.14. The summed E-state index contributed by atoms with van der Waals surface area (Å²) in [6.45, 7) is 1.40. The van der Waals surface area contributed by atoms with Crippen molar-refractivity contribution in [1.82, 2.24) is 0 Å². The summed E-state index contributed by atoms with van der Waals surface area (Å²) in [5.74, 6) is 0. The van der Waals surface area contributed by atoms with Gasteiger partial charge in [0.25, 0.3) is 0 Å². The van der Waals surface area contributed by atoms with Gasteiger partial charge in [-0.3, -0.25) is 0 Å². The quantitative estimate of drug-likeness (QED) is 0.247. The topological polar surface area (TPSA) is 18.5 Å². The van der Waals surface area contributed by atoms with Crippen LogP contribution in [0.5, 0.6) is 0 Å². The minimum Gasteiger partial charge on any atom is -0.365 e. The monoisotopic (exact) mass is 622 g/mol. The molecule has 0 N–H and O–H groups in total. The highest BCUT2D eigenvalue weighted by atomic mass is 127. The molecule has 6 heteroatoms. The van der Waals surface area contributed by atoms with Crippen LogP contribution in [0.4, 0.5) is 0 Å². The first-order valence-corrected chi connectivity index (χ1v) is 8.88. The number of hydrogen-bond donors (Lipinski definition) is 0. The zero-order valence-electron chi connectivity index (χ0n) is 6.31. The third-order valence-corrected chi connectivity index (χ3v) is 7.49. The number of ether oxygens (including phenoxy) is 2. The number of rotatable bonds is 7. The number of hydrogen-bond acceptors (Lipinski definition) is 2. The molecule has 0 heterocycles. The fourth-order valence-corrected chi connectivity index (χ4v) is 1.46. The van der Waals surface area contributed by atoms with Gasteiger partial charge in [-0.25, -0.2) is 0 Å². The average Bonchev–Trinajstić information content (AvgIpc) is 2.11. The van der Waals surface area contributed by atoms with Crippen LogP contribution >= 0.6 is 90.4 Å². The molecule has 0 radical (unpaired) electrons. The Labute approximate surface area is 128 Å². The van der Waals surface area contributed by atoms with Crippen molar-refractivity contribution in [3.8, 4) is 0 Å². The molecule has 12 heavy (non-hydrogen) atoms. The van der Waals surface area contributed by atoms with Crippen LogP contribution in [0, 0.1) is 0 Å². The lowest BCUT2D eigenvalue weighted by atomic mass is 10.7. The summed E-state index contributed by atoms with van der Waals surface area (Å²) in [4.78, 5) is 0. The van der Waals surface area contributed by atoms with Crippen LogP contribution in [0.25, 0.3) is 0 Å². The van der Waals surface area contributed by atoms with E-state index in [2.05, 4.69) is 90.4 Å². The van der Waals surface area contributed by atoms with Crippen LogP contribution < -0.4 is 0 Å². The maximum Gasteiger partial charge on any atom is 0.117 e. The number of halogens is 4. The lowest BCUT2D eigenvalue weighted by molar-refractivity contribution is 0.0502. The van der Waals surface area contributed by atoms with Crippen LogP contribution in [0.3, 0.4) is 0 Å². The molecular weight excluding hydrogens is 612 g/mol. The van der Waals surface area contributed by atoms with E-state index < -0.39 is 0 Å². The third-order valence-electron chi connectivity index (χ3n) is 0.923. The lowest BCUT2D eigenvalue weighted by Gasteiger charge is -2.10. The maximum absolute atomic E-state index is 5.43. The van der Waals surface area contributed by atoms with Gasteiger partial charge in [-0.15, -0.1) is 0 Å². The molecule has 2 nitrogen and oxygen atoms in total. The second-order valence-electron chi connectivity index (χ2n) is 1.87. The van der Waals surface area contributed by atoms with Gasteiger partial charge in [0.05, 0.1) is 13.2 Å². The van der Waals surface area contributed by atoms with Gasteiger partial charge in [0.2, 0.25) is 0 Å². The fourth-order valence-electron chi connectivity index (χ4n) is 0.441. The van der Waals surface area contributed by atoms with Gasteiger partial charge in [-0.05, 0) is 0 Å². The SMILES string of the molecule is ICC(I)OCCOC(I)CI. The second kappa shape index (κ2) is 10.4.